The highest BCUT2D eigenvalue weighted by atomic mass is 16.5. The summed E-state index contributed by atoms with van der Waals surface area (Å²) in [7, 11) is 0. The van der Waals surface area contributed by atoms with Crippen molar-refractivity contribution < 1.29 is 9.47 Å². The van der Waals surface area contributed by atoms with Gasteiger partial charge in [0.15, 0.2) is 0 Å². The van der Waals surface area contributed by atoms with Crippen molar-refractivity contribution in [3.05, 3.63) is 0 Å². The van der Waals surface area contributed by atoms with Gasteiger partial charge >= 0.3 is 0 Å². The summed E-state index contributed by atoms with van der Waals surface area (Å²) < 4.78 is 11.2. The van der Waals surface area contributed by atoms with Crippen molar-refractivity contribution in [2.75, 3.05) is 26.3 Å². The van der Waals surface area contributed by atoms with E-state index in [1.54, 1.807) is 0 Å². The molecule has 0 aromatic carbocycles. The van der Waals surface area contributed by atoms with Crippen LogP contribution in [0.4, 0.5) is 0 Å². The number of hydrogen-bond donors (Lipinski definition) is 1. The molecule has 0 aromatic heterocycles. The maximum absolute atomic E-state index is 5.76. The molecule has 0 radical (unpaired) electrons. The fourth-order valence-corrected chi connectivity index (χ4v) is 1.67. The van der Waals surface area contributed by atoms with E-state index < -0.39 is 0 Å². The molecule has 14 heavy (non-hydrogen) atoms. The van der Waals surface area contributed by atoms with Crippen LogP contribution >= 0.6 is 0 Å². The van der Waals surface area contributed by atoms with Gasteiger partial charge in [-0.2, -0.15) is 0 Å². The molecule has 0 saturated carbocycles. The van der Waals surface area contributed by atoms with E-state index in [0.29, 0.717) is 24.7 Å². The minimum atomic E-state index is 0.306. The van der Waals surface area contributed by atoms with Gasteiger partial charge in [-0.1, -0.05) is 6.92 Å². The number of hydrogen-bond acceptors (Lipinski definition) is 3. The molecule has 0 aromatic rings. The Morgan fingerprint density at radius 2 is 2.14 bits per heavy atom. The van der Waals surface area contributed by atoms with Crippen molar-refractivity contribution in [2.24, 2.45) is 5.92 Å². The zero-order valence-corrected chi connectivity index (χ0v) is 9.58. The van der Waals surface area contributed by atoms with Crippen molar-refractivity contribution in [2.45, 2.75) is 39.4 Å². The molecule has 0 amide bonds. The maximum atomic E-state index is 5.76. The Morgan fingerprint density at radius 3 is 2.79 bits per heavy atom. The van der Waals surface area contributed by atoms with Crippen molar-refractivity contribution >= 4 is 0 Å². The summed E-state index contributed by atoms with van der Waals surface area (Å²) in [6, 6.07) is 0. The van der Waals surface area contributed by atoms with Gasteiger partial charge in [0.05, 0.1) is 25.4 Å². The van der Waals surface area contributed by atoms with Crippen molar-refractivity contribution in [1.82, 2.24) is 5.32 Å². The average molecular weight is 201 g/mol. The van der Waals surface area contributed by atoms with E-state index in [4.69, 9.17) is 9.47 Å². The maximum Gasteiger partial charge on any atom is 0.0726 e. The molecular formula is C11H23NO2. The molecule has 3 nitrogen and oxygen atoms in total. The van der Waals surface area contributed by atoms with Crippen LogP contribution in [0.1, 0.15) is 27.2 Å². The summed E-state index contributed by atoms with van der Waals surface area (Å²) in [4.78, 5) is 0. The first-order valence-electron chi connectivity index (χ1n) is 5.64. The molecule has 2 unspecified atom stereocenters. The van der Waals surface area contributed by atoms with Gasteiger partial charge in [0.2, 0.25) is 0 Å². The minimum Gasteiger partial charge on any atom is -0.376 e. The normalized spacial score (nSPS) is 28.3. The van der Waals surface area contributed by atoms with Gasteiger partial charge in [-0.25, -0.2) is 0 Å². The van der Waals surface area contributed by atoms with Crippen LogP contribution in [-0.4, -0.2) is 38.5 Å². The zero-order valence-electron chi connectivity index (χ0n) is 9.58. The average Bonchev–Trinajstić information content (AvgIpc) is 2.15. The lowest BCUT2D eigenvalue weighted by atomic mass is 9.97. The summed E-state index contributed by atoms with van der Waals surface area (Å²) in [6.45, 7) is 9.90. The topological polar surface area (TPSA) is 30.5 Å². The van der Waals surface area contributed by atoms with Gasteiger partial charge in [0, 0.05) is 6.54 Å². The molecule has 0 bridgehead atoms. The van der Waals surface area contributed by atoms with Gasteiger partial charge < -0.3 is 14.8 Å². The zero-order chi connectivity index (χ0) is 10.4. The van der Waals surface area contributed by atoms with Crippen LogP contribution < -0.4 is 5.32 Å². The smallest absolute Gasteiger partial charge is 0.0726 e. The second-order valence-corrected chi connectivity index (χ2v) is 4.30. The van der Waals surface area contributed by atoms with Crippen LogP contribution in [-0.2, 0) is 9.47 Å². The fourth-order valence-electron chi connectivity index (χ4n) is 1.67. The minimum absolute atomic E-state index is 0.306. The lowest BCUT2D eigenvalue weighted by molar-refractivity contribution is -0.0374. The third-order valence-corrected chi connectivity index (χ3v) is 2.62. The number of nitrogens with one attached hydrogen (secondary N) is 1. The highest BCUT2D eigenvalue weighted by molar-refractivity contribution is 4.75. The Hall–Kier alpha value is -0.120. The molecular weight excluding hydrogens is 178 g/mol. The molecule has 0 aliphatic carbocycles. The monoisotopic (exact) mass is 201 g/mol. The van der Waals surface area contributed by atoms with Crippen molar-refractivity contribution in [3.63, 3.8) is 0 Å². The predicted octanol–water partition coefficient (Wildman–Crippen LogP) is 1.43. The van der Waals surface area contributed by atoms with Gasteiger partial charge in [0.1, 0.15) is 0 Å². The SMILES string of the molecule is CC(C)OCCOC1CNCCC1C. The first-order valence-corrected chi connectivity index (χ1v) is 5.64. The van der Waals surface area contributed by atoms with Gasteiger partial charge in [0.25, 0.3) is 0 Å². The fraction of sp³-hybridized carbons (Fsp3) is 1.00. The van der Waals surface area contributed by atoms with E-state index in [1.165, 1.54) is 6.42 Å². The van der Waals surface area contributed by atoms with Gasteiger partial charge in [-0.15, -0.1) is 0 Å². The van der Waals surface area contributed by atoms with Crippen molar-refractivity contribution in [3.8, 4) is 0 Å². The van der Waals surface area contributed by atoms with Crippen LogP contribution in [0.25, 0.3) is 0 Å². The largest absolute Gasteiger partial charge is 0.376 e. The van der Waals surface area contributed by atoms with Crippen molar-refractivity contribution in [1.29, 1.82) is 0 Å². The highest BCUT2D eigenvalue weighted by Gasteiger charge is 2.21. The third-order valence-electron chi connectivity index (χ3n) is 2.62. The van der Waals surface area contributed by atoms with E-state index in [9.17, 15) is 0 Å². The second kappa shape index (κ2) is 6.38. The Morgan fingerprint density at radius 1 is 1.36 bits per heavy atom. The van der Waals surface area contributed by atoms with Gasteiger partial charge in [-0.05, 0) is 32.7 Å². The van der Waals surface area contributed by atoms with E-state index in [2.05, 4.69) is 12.2 Å². The molecule has 1 fully saturated rings. The Balaban J connectivity index is 2.04. The second-order valence-electron chi connectivity index (χ2n) is 4.30. The molecule has 1 rings (SSSR count). The molecule has 0 spiro atoms. The Labute approximate surface area is 87.2 Å². The molecule has 1 aliphatic heterocycles. The van der Waals surface area contributed by atoms with Gasteiger partial charge in [-0.3, -0.25) is 0 Å². The molecule has 3 heteroatoms. The molecule has 2 atom stereocenters. The number of rotatable bonds is 5. The highest BCUT2D eigenvalue weighted by Crippen LogP contribution is 2.14. The van der Waals surface area contributed by atoms with E-state index in [0.717, 1.165) is 19.7 Å². The van der Waals surface area contributed by atoms with Crippen LogP contribution in [0.5, 0.6) is 0 Å². The summed E-state index contributed by atoms with van der Waals surface area (Å²) >= 11 is 0. The molecule has 1 saturated heterocycles. The Bertz CT molecular complexity index is 150. The van der Waals surface area contributed by atoms with E-state index in [-0.39, 0.29) is 0 Å². The third kappa shape index (κ3) is 4.40. The summed E-state index contributed by atoms with van der Waals surface area (Å²) in [5, 5.41) is 3.35. The molecule has 1 aliphatic rings. The first-order chi connectivity index (χ1) is 6.70. The van der Waals surface area contributed by atoms with Crippen LogP contribution in [0.2, 0.25) is 0 Å². The number of ether oxygens (including phenoxy) is 2. The molecule has 84 valence electrons. The van der Waals surface area contributed by atoms with Crippen LogP contribution in [0, 0.1) is 5.92 Å². The quantitative estimate of drug-likeness (QED) is 0.683. The Kier molecular flexibility index (Phi) is 5.45. The van der Waals surface area contributed by atoms with Crippen LogP contribution in [0.3, 0.4) is 0 Å². The first kappa shape index (κ1) is 12.0. The summed E-state index contributed by atoms with van der Waals surface area (Å²) in [5.74, 6) is 0.676. The predicted molar refractivity (Wildman–Crippen MR) is 57.5 cm³/mol. The lowest BCUT2D eigenvalue weighted by Gasteiger charge is -2.29. The number of piperidine rings is 1. The molecule has 1 heterocycles. The standard InChI is InChI=1S/C11H23NO2/c1-9(2)13-6-7-14-11-8-12-5-4-10(11)3/h9-12H,4-8H2,1-3H3. The van der Waals surface area contributed by atoms with Crippen LogP contribution in [0.15, 0.2) is 0 Å². The molecule has 1 N–H and O–H groups in total. The van der Waals surface area contributed by atoms with E-state index in [1.807, 2.05) is 13.8 Å². The summed E-state index contributed by atoms with van der Waals surface area (Å²) in [6.07, 6.45) is 1.90. The van der Waals surface area contributed by atoms with E-state index >= 15 is 0 Å². The summed E-state index contributed by atoms with van der Waals surface area (Å²) in [5.41, 5.74) is 0. The lowest BCUT2D eigenvalue weighted by Crippen LogP contribution is -2.41.